The number of hydrogen-bond donors (Lipinski definition) is 2. The van der Waals surface area contributed by atoms with E-state index in [0.717, 1.165) is 50.7 Å². The molecule has 2 fully saturated rings. The quantitative estimate of drug-likeness (QED) is 0.391. The average molecular weight is 507 g/mol. The Morgan fingerprint density at radius 1 is 1.16 bits per heavy atom. The van der Waals surface area contributed by atoms with Gasteiger partial charge in [0.05, 0.1) is 30.4 Å². The van der Waals surface area contributed by atoms with Crippen LogP contribution in [-0.4, -0.2) is 59.7 Å². The maximum Gasteiger partial charge on any atom is 0.261 e. The molecule has 0 bridgehead atoms. The summed E-state index contributed by atoms with van der Waals surface area (Å²) in [4.78, 5) is 25.1. The number of rotatable bonds is 6. The zero-order valence-corrected chi connectivity index (χ0v) is 21.4. The highest BCUT2D eigenvalue weighted by Crippen LogP contribution is 2.22. The number of methoxy groups -OCH3 is 1. The van der Waals surface area contributed by atoms with E-state index in [1.165, 1.54) is 37.0 Å². The summed E-state index contributed by atoms with van der Waals surface area (Å²) in [5.41, 5.74) is 1.89. The van der Waals surface area contributed by atoms with Gasteiger partial charge < -0.3 is 20.3 Å². The molecule has 5 rings (SSSR count). The Bertz CT molecular complexity index is 1310. The standard InChI is InChI=1S/C28H35FN6O2/c1-37-23-9-7-20(25(29)18-23)11-14-35-19-31-26-17-22(8-10-24(26)27(35)36)33-28(34-15-12-30-13-16-34)32-21-5-3-2-4-6-21/h7-10,17-19,21,30H,2-6,11-16H2,1H3,(H,32,33). The molecule has 1 aliphatic heterocycles. The monoisotopic (exact) mass is 506 g/mol. The van der Waals surface area contributed by atoms with Crippen LogP contribution in [0.25, 0.3) is 10.9 Å². The van der Waals surface area contributed by atoms with Crippen molar-refractivity contribution >= 4 is 22.5 Å². The minimum atomic E-state index is -0.341. The highest BCUT2D eigenvalue weighted by molar-refractivity contribution is 5.95. The Labute approximate surface area is 216 Å². The zero-order chi connectivity index (χ0) is 25.6. The van der Waals surface area contributed by atoms with Crippen LogP contribution in [0.2, 0.25) is 0 Å². The van der Waals surface area contributed by atoms with E-state index in [2.05, 4.69) is 20.5 Å². The molecule has 2 heterocycles. The topological polar surface area (TPSA) is 83.8 Å². The van der Waals surface area contributed by atoms with Gasteiger partial charge in [0, 0.05) is 44.5 Å². The van der Waals surface area contributed by atoms with Crippen molar-refractivity contribution in [1.29, 1.82) is 0 Å². The number of benzene rings is 2. The Balaban J connectivity index is 1.34. The summed E-state index contributed by atoms with van der Waals surface area (Å²) in [5, 5.41) is 7.47. The predicted octanol–water partition coefficient (Wildman–Crippen LogP) is 3.79. The van der Waals surface area contributed by atoms with Crippen LogP contribution >= 0.6 is 0 Å². The van der Waals surface area contributed by atoms with Crippen LogP contribution in [-0.2, 0) is 13.0 Å². The number of fused-ring (bicyclic) bond motifs is 1. The molecule has 0 radical (unpaired) electrons. The molecule has 1 saturated heterocycles. The molecule has 1 aromatic heterocycles. The van der Waals surface area contributed by atoms with Gasteiger partial charge in [0.25, 0.3) is 5.56 Å². The minimum absolute atomic E-state index is 0.135. The lowest BCUT2D eigenvalue weighted by Gasteiger charge is -2.32. The van der Waals surface area contributed by atoms with Crippen molar-refractivity contribution in [2.45, 2.75) is 51.1 Å². The van der Waals surface area contributed by atoms with E-state index in [1.54, 1.807) is 18.5 Å². The number of aryl methyl sites for hydroxylation is 2. The average Bonchev–Trinajstić information content (AvgIpc) is 2.94. The van der Waals surface area contributed by atoms with Crippen LogP contribution in [0.4, 0.5) is 10.1 Å². The van der Waals surface area contributed by atoms with E-state index in [4.69, 9.17) is 9.73 Å². The number of nitrogens with one attached hydrogen (secondary N) is 2. The van der Waals surface area contributed by atoms with Crippen LogP contribution in [0.3, 0.4) is 0 Å². The largest absolute Gasteiger partial charge is 0.497 e. The summed E-state index contributed by atoms with van der Waals surface area (Å²) >= 11 is 0. The second-order valence-corrected chi connectivity index (χ2v) is 9.79. The van der Waals surface area contributed by atoms with Crippen molar-refractivity contribution in [3.8, 4) is 5.75 Å². The molecule has 1 saturated carbocycles. The van der Waals surface area contributed by atoms with E-state index in [0.29, 0.717) is 41.2 Å². The third-order valence-electron chi connectivity index (χ3n) is 7.26. The third-order valence-corrected chi connectivity index (χ3v) is 7.26. The van der Waals surface area contributed by atoms with Crippen LogP contribution in [0.5, 0.6) is 5.75 Å². The van der Waals surface area contributed by atoms with Gasteiger partial charge in [-0.3, -0.25) is 9.36 Å². The van der Waals surface area contributed by atoms with Crippen molar-refractivity contribution < 1.29 is 9.13 Å². The van der Waals surface area contributed by atoms with Gasteiger partial charge in [-0.15, -0.1) is 0 Å². The van der Waals surface area contributed by atoms with Crippen LogP contribution in [0.15, 0.2) is 52.5 Å². The summed E-state index contributed by atoms with van der Waals surface area (Å²) in [6, 6.07) is 10.8. The van der Waals surface area contributed by atoms with E-state index in [-0.39, 0.29) is 11.4 Å². The summed E-state index contributed by atoms with van der Waals surface area (Å²) in [5.74, 6) is 1.04. The molecule has 0 unspecified atom stereocenters. The molecule has 0 atom stereocenters. The number of nitrogens with zero attached hydrogens (tertiary/aromatic N) is 4. The van der Waals surface area contributed by atoms with Gasteiger partial charge in [-0.2, -0.15) is 0 Å². The lowest BCUT2D eigenvalue weighted by Crippen LogP contribution is -2.49. The number of piperazine rings is 1. The molecule has 2 aliphatic rings. The Morgan fingerprint density at radius 3 is 2.73 bits per heavy atom. The summed E-state index contributed by atoms with van der Waals surface area (Å²) in [6.45, 7) is 4.02. The van der Waals surface area contributed by atoms with Crippen molar-refractivity contribution in [3.05, 3.63) is 64.5 Å². The molecule has 37 heavy (non-hydrogen) atoms. The first-order valence-corrected chi connectivity index (χ1v) is 13.2. The number of anilines is 1. The Kier molecular flexibility index (Phi) is 7.99. The number of ether oxygens (including phenoxy) is 1. The number of aromatic nitrogens is 2. The lowest BCUT2D eigenvalue weighted by atomic mass is 9.96. The zero-order valence-electron chi connectivity index (χ0n) is 21.4. The Hall–Kier alpha value is -3.46. The normalized spacial score (nSPS) is 17.2. The molecule has 1 aliphatic carbocycles. The van der Waals surface area contributed by atoms with Crippen LogP contribution < -0.4 is 20.9 Å². The highest BCUT2D eigenvalue weighted by atomic mass is 19.1. The van der Waals surface area contributed by atoms with Crippen LogP contribution in [0, 0.1) is 5.82 Å². The summed E-state index contributed by atoms with van der Waals surface area (Å²) in [6.07, 6.45) is 7.97. The second kappa shape index (κ2) is 11.7. The van der Waals surface area contributed by atoms with E-state index in [1.807, 2.05) is 18.2 Å². The summed E-state index contributed by atoms with van der Waals surface area (Å²) in [7, 11) is 1.51. The van der Waals surface area contributed by atoms with Gasteiger partial charge in [0.15, 0.2) is 5.96 Å². The smallest absolute Gasteiger partial charge is 0.261 e. The van der Waals surface area contributed by atoms with Gasteiger partial charge >= 0.3 is 0 Å². The molecule has 2 N–H and O–H groups in total. The van der Waals surface area contributed by atoms with Crippen molar-refractivity contribution in [1.82, 2.24) is 19.8 Å². The predicted molar refractivity (Wildman–Crippen MR) is 145 cm³/mol. The number of hydrogen-bond acceptors (Lipinski definition) is 5. The van der Waals surface area contributed by atoms with Crippen LogP contribution in [0.1, 0.15) is 37.7 Å². The first-order chi connectivity index (χ1) is 18.1. The first kappa shape index (κ1) is 25.2. The number of aliphatic imine (C=N–C) groups is 1. The fourth-order valence-corrected chi connectivity index (χ4v) is 5.08. The minimum Gasteiger partial charge on any atom is -0.497 e. The van der Waals surface area contributed by atoms with Gasteiger partial charge in [0.2, 0.25) is 0 Å². The molecule has 0 spiro atoms. The molecule has 3 aromatic rings. The second-order valence-electron chi connectivity index (χ2n) is 9.79. The summed E-state index contributed by atoms with van der Waals surface area (Å²) < 4.78 is 20.9. The highest BCUT2D eigenvalue weighted by Gasteiger charge is 2.19. The van der Waals surface area contributed by atoms with Gasteiger partial charge in [-0.05, 0) is 49.1 Å². The SMILES string of the molecule is COc1ccc(CCn2cnc3cc(NC(=NC4CCCCC4)N4CCNCC4)ccc3c2=O)c(F)c1. The molecular weight excluding hydrogens is 471 g/mol. The van der Waals surface area contributed by atoms with Gasteiger partial charge in [0.1, 0.15) is 11.6 Å². The molecule has 196 valence electrons. The van der Waals surface area contributed by atoms with E-state index >= 15 is 0 Å². The first-order valence-electron chi connectivity index (χ1n) is 13.2. The van der Waals surface area contributed by atoms with Crippen molar-refractivity contribution in [3.63, 3.8) is 0 Å². The number of halogens is 1. The van der Waals surface area contributed by atoms with Crippen molar-refractivity contribution in [2.24, 2.45) is 4.99 Å². The maximum atomic E-state index is 14.3. The molecular formula is C28H35FN6O2. The molecule has 8 nitrogen and oxygen atoms in total. The van der Waals surface area contributed by atoms with E-state index < -0.39 is 0 Å². The molecule has 0 amide bonds. The Morgan fingerprint density at radius 2 is 1.97 bits per heavy atom. The molecule has 2 aromatic carbocycles. The van der Waals surface area contributed by atoms with Gasteiger partial charge in [-0.25, -0.2) is 14.4 Å². The fraction of sp³-hybridized carbons (Fsp3) is 0.464. The van der Waals surface area contributed by atoms with Gasteiger partial charge in [-0.1, -0.05) is 25.3 Å². The molecule has 9 heteroatoms. The lowest BCUT2D eigenvalue weighted by molar-refractivity contribution is 0.350. The fourth-order valence-electron chi connectivity index (χ4n) is 5.08. The third kappa shape index (κ3) is 6.10. The van der Waals surface area contributed by atoms with E-state index in [9.17, 15) is 9.18 Å². The number of guanidine groups is 1. The maximum absolute atomic E-state index is 14.3. The van der Waals surface area contributed by atoms with Crippen molar-refractivity contribution in [2.75, 3.05) is 38.6 Å².